The smallest absolute Gasteiger partial charge is 0.418 e. The molecule has 1 N–H and O–H groups in total. The normalized spacial score (nSPS) is 11.9. The fraction of sp³-hybridized carbons (Fsp3) is 0.368. The molecule has 5 nitrogen and oxygen atoms in total. The zero-order valence-electron chi connectivity index (χ0n) is 15.3. The first-order valence-corrected chi connectivity index (χ1v) is 8.27. The van der Waals surface area contributed by atoms with Gasteiger partial charge in [-0.05, 0) is 39.0 Å². The van der Waals surface area contributed by atoms with Crippen molar-refractivity contribution in [1.29, 1.82) is 0 Å². The lowest BCUT2D eigenvalue weighted by atomic mass is 10.1. The molecule has 0 saturated carbocycles. The maximum Gasteiger partial charge on any atom is 0.418 e. The lowest BCUT2D eigenvalue weighted by Crippen LogP contribution is -2.22. The number of para-hydroxylation sites is 1. The van der Waals surface area contributed by atoms with E-state index in [-0.39, 0.29) is 23.5 Å². The van der Waals surface area contributed by atoms with Crippen LogP contribution in [0.15, 0.2) is 42.6 Å². The number of aromatic nitrogens is 1. The Kier molecular flexibility index (Phi) is 6.43. The molecule has 0 fully saturated rings. The molecule has 8 heteroatoms. The number of carbonyl (C=O) groups is 1. The van der Waals surface area contributed by atoms with E-state index < -0.39 is 17.6 Å². The van der Waals surface area contributed by atoms with E-state index in [0.717, 1.165) is 6.07 Å². The number of amides is 1. The summed E-state index contributed by atoms with van der Waals surface area (Å²) >= 11 is 0. The maximum atomic E-state index is 13.0. The molecular formula is C19H21F3N2O3. The van der Waals surface area contributed by atoms with Crippen molar-refractivity contribution in [3.8, 4) is 5.88 Å². The number of pyridine rings is 1. The summed E-state index contributed by atoms with van der Waals surface area (Å²) in [6, 6.07) is 7.68. The molecule has 0 spiro atoms. The molecule has 1 aromatic heterocycles. The molecule has 27 heavy (non-hydrogen) atoms. The van der Waals surface area contributed by atoms with E-state index in [1.807, 2.05) is 20.8 Å². The van der Waals surface area contributed by atoms with Crippen LogP contribution < -0.4 is 10.1 Å². The second-order valence-electron chi connectivity index (χ2n) is 6.69. The first-order chi connectivity index (χ1) is 12.6. The fourth-order valence-electron chi connectivity index (χ4n) is 2.13. The number of ether oxygens (including phenoxy) is 2. The summed E-state index contributed by atoms with van der Waals surface area (Å²) in [4.78, 5) is 16.2. The number of carbonyl (C=O) groups excluding carboxylic acids is 1. The third kappa shape index (κ3) is 6.56. The lowest BCUT2D eigenvalue weighted by molar-refractivity contribution is -0.136. The van der Waals surface area contributed by atoms with Crippen molar-refractivity contribution in [2.24, 2.45) is 0 Å². The van der Waals surface area contributed by atoms with E-state index in [2.05, 4.69) is 10.3 Å². The number of hydrogen-bond acceptors (Lipinski definition) is 4. The van der Waals surface area contributed by atoms with Crippen molar-refractivity contribution in [2.45, 2.75) is 32.5 Å². The van der Waals surface area contributed by atoms with Crippen LogP contribution in [0.1, 0.15) is 36.7 Å². The van der Waals surface area contributed by atoms with Crippen LogP contribution in [0, 0.1) is 0 Å². The number of rotatable bonds is 6. The van der Waals surface area contributed by atoms with Gasteiger partial charge >= 0.3 is 6.18 Å². The van der Waals surface area contributed by atoms with Gasteiger partial charge in [0, 0.05) is 12.3 Å². The molecule has 146 valence electrons. The Hall–Kier alpha value is -2.61. The molecule has 0 saturated heterocycles. The van der Waals surface area contributed by atoms with Crippen LogP contribution in [0.5, 0.6) is 5.88 Å². The van der Waals surface area contributed by atoms with Gasteiger partial charge in [-0.3, -0.25) is 4.79 Å². The second-order valence-corrected chi connectivity index (χ2v) is 6.69. The first-order valence-electron chi connectivity index (χ1n) is 8.27. The van der Waals surface area contributed by atoms with Crippen LogP contribution in [-0.4, -0.2) is 29.7 Å². The largest absolute Gasteiger partial charge is 0.475 e. The molecular weight excluding hydrogens is 361 g/mol. The molecule has 1 aromatic carbocycles. The summed E-state index contributed by atoms with van der Waals surface area (Å²) in [5.74, 6) is -0.401. The molecule has 0 aliphatic carbocycles. The van der Waals surface area contributed by atoms with Gasteiger partial charge in [-0.25, -0.2) is 4.98 Å². The summed E-state index contributed by atoms with van der Waals surface area (Å²) in [5.41, 5.74) is -1.38. The standard InChI is InChI=1S/C19H21F3N2O3/c1-18(2,3)27-11-10-26-16-9-8-13(12-23-16)17(25)24-15-7-5-4-6-14(15)19(20,21)22/h4-9,12H,10-11H2,1-3H3,(H,24,25). The Labute approximate surface area is 155 Å². The maximum absolute atomic E-state index is 13.0. The van der Waals surface area contributed by atoms with Crippen LogP contribution >= 0.6 is 0 Å². The molecule has 1 amide bonds. The van der Waals surface area contributed by atoms with Crippen LogP contribution in [0.4, 0.5) is 18.9 Å². The molecule has 0 aliphatic rings. The molecule has 0 atom stereocenters. The van der Waals surface area contributed by atoms with E-state index in [1.54, 1.807) is 0 Å². The van der Waals surface area contributed by atoms with Gasteiger partial charge in [-0.1, -0.05) is 12.1 Å². The predicted molar refractivity (Wildman–Crippen MR) is 94.8 cm³/mol. The van der Waals surface area contributed by atoms with Gasteiger partial charge in [-0.15, -0.1) is 0 Å². The number of alkyl halides is 3. The summed E-state index contributed by atoms with van der Waals surface area (Å²) in [6.07, 6.45) is -3.32. The number of halogens is 3. The van der Waals surface area contributed by atoms with E-state index in [1.165, 1.54) is 36.5 Å². The fourth-order valence-corrected chi connectivity index (χ4v) is 2.13. The van der Waals surface area contributed by atoms with Gasteiger partial charge in [0.05, 0.1) is 29.0 Å². The Balaban J connectivity index is 1.97. The lowest BCUT2D eigenvalue weighted by Gasteiger charge is -2.19. The molecule has 2 rings (SSSR count). The van der Waals surface area contributed by atoms with Crippen LogP contribution in [0.3, 0.4) is 0 Å². The van der Waals surface area contributed by atoms with Crippen molar-refractivity contribution in [1.82, 2.24) is 4.98 Å². The highest BCUT2D eigenvalue weighted by atomic mass is 19.4. The highest BCUT2D eigenvalue weighted by molar-refractivity contribution is 6.04. The third-order valence-corrected chi connectivity index (χ3v) is 3.35. The summed E-state index contributed by atoms with van der Waals surface area (Å²) in [5, 5.41) is 2.26. The zero-order valence-corrected chi connectivity index (χ0v) is 15.3. The number of nitrogens with one attached hydrogen (secondary N) is 1. The Morgan fingerprint density at radius 1 is 1.07 bits per heavy atom. The van der Waals surface area contributed by atoms with Crippen molar-refractivity contribution in [3.63, 3.8) is 0 Å². The summed E-state index contributed by atoms with van der Waals surface area (Å²) in [7, 11) is 0. The van der Waals surface area contributed by atoms with Gasteiger partial charge in [-0.2, -0.15) is 13.2 Å². The van der Waals surface area contributed by atoms with Crippen LogP contribution in [-0.2, 0) is 10.9 Å². The van der Waals surface area contributed by atoms with Gasteiger partial charge in [0.15, 0.2) is 0 Å². The molecule has 2 aromatic rings. The van der Waals surface area contributed by atoms with Gasteiger partial charge in [0.1, 0.15) is 6.61 Å². The van der Waals surface area contributed by atoms with Crippen molar-refractivity contribution in [2.75, 3.05) is 18.5 Å². The molecule has 0 aliphatic heterocycles. The summed E-state index contributed by atoms with van der Waals surface area (Å²) in [6.45, 7) is 6.44. The van der Waals surface area contributed by atoms with E-state index in [4.69, 9.17) is 9.47 Å². The molecule has 0 radical (unpaired) electrons. The predicted octanol–water partition coefficient (Wildman–Crippen LogP) is 4.55. The molecule has 0 unspecified atom stereocenters. The highest BCUT2D eigenvalue weighted by Crippen LogP contribution is 2.34. The SMILES string of the molecule is CC(C)(C)OCCOc1ccc(C(=O)Nc2ccccc2C(F)(F)F)cn1. The number of hydrogen-bond donors (Lipinski definition) is 1. The monoisotopic (exact) mass is 382 g/mol. The average molecular weight is 382 g/mol. The van der Waals surface area contributed by atoms with E-state index >= 15 is 0 Å². The molecule has 0 bridgehead atoms. The first kappa shape index (κ1) is 20.7. The van der Waals surface area contributed by atoms with Crippen molar-refractivity contribution in [3.05, 3.63) is 53.7 Å². The molecule has 1 heterocycles. The minimum Gasteiger partial charge on any atom is -0.475 e. The van der Waals surface area contributed by atoms with E-state index in [9.17, 15) is 18.0 Å². The summed E-state index contributed by atoms with van der Waals surface area (Å²) < 4.78 is 49.9. The Morgan fingerprint density at radius 3 is 2.37 bits per heavy atom. The Bertz CT molecular complexity index is 769. The van der Waals surface area contributed by atoms with Gasteiger partial charge in [0.2, 0.25) is 5.88 Å². The second kappa shape index (κ2) is 8.39. The van der Waals surface area contributed by atoms with E-state index in [0.29, 0.717) is 12.5 Å². The number of benzene rings is 1. The quantitative estimate of drug-likeness (QED) is 0.745. The number of nitrogens with zero attached hydrogens (tertiary/aromatic N) is 1. The van der Waals surface area contributed by atoms with Crippen molar-refractivity contribution < 1.29 is 27.4 Å². The average Bonchev–Trinajstić information content (AvgIpc) is 2.58. The van der Waals surface area contributed by atoms with Gasteiger partial charge in [0.25, 0.3) is 5.91 Å². The van der Waals surface area contributed by atoms with Gasteiger partial charge < -0.3 is 14.8 Å². The van der Waals surface area contributed by atoms with Crippen molar-refractivity contribution >= 4 is 11.6 Å². The van der Waals surface area contributed by atoms with Crippen LogP contribution in [0.25, 0.3) is 0 Å². The minimum absolute atomic E-state index is 0.116. The minimum atomic E-state index is -4.56. The Morgan fingerprint density at radius 2 is 1.78 bits per heavy atom. The topological polar surface area (TPSA) is 60.5 Å². The number of anilines is 1. The third-order valence-electron chi connectivity index (χ3n) is 3.35. The van der Waals surface area contributed by atoms with Crippen LogP contribution in [0.2, 0.25) is 0 Å². The highest BCUT2D eigenvalue weighted by Gasteiger charge is 2.33. The zero-order chi connectivity index (χ0) is 20.1.